The van der Waals surface area contributed by atoms with E-state index in [4.69, 9.17) is 9.47 Å². The van der Waals surface area contributed by atoms with Crippen LogP contribution in [-0.4, -0.2) is 19.1 Å². The first-order valence-electron chi connectivity index (χ1n) is 5.92. The lowest BCUT2D eigenvalue weighted by Gasteiger charge is -2.22. The van der Waals surface area contributed by atoms with Crippen LogP contribution in [-0.2, 0) is 26.6 Å². The molecule has 0 radical (unpaired) electrons. The van der Waals surface area contributed by atoms with E-state index < -0.39 is 5.79 Å². The number of hydrogen-bond acceptors (Lipinski definition) is 3. The smallest absolute Gasteiger partial charge is 0.243 e. The molecular weight excluding hydrogens is 230 g/mol. The Hall–Kier alpha value is -1.65. The monoisotopic (exact) mass is 247 g/mol. The van der Waals surface area contributed by atoms with Gasteiger partial charge in [0.2, 0.25) is 5.91 Å². The maximum Gasteiger partial charge on any atom is 0.243 e. The van der Waals surface area contributed by atoms with Crippen molar-refractivity contribution in [1.82, 2.24) is 5.32 Å². The van der Waals surface area contributed by atoms with Crippen molar-refractivity contribution in [2.75, 3.05) is 13.2 Å². The lowest BCUT2D eigenvalue weighted by Crippen LogP contribution is -2.23. The van der Waals surface area contributed by atoms with E-state index in [1.807, 2.05) is 31.2 Å². The molecule has 1 aromatic carbocycles. The van der Waals surface area contributed by atoms with Gasteiger partial charge in [-0.25, -0.2) is 0 Å². The summed E-state index contributed by atoms with van der Waals surface area (Å²) in [7, 11) is 0. The molecule has 0 atom stereocenters. The Balaban J connectivity index is 2.01. The zero-order valence-corrected chi connectivity index (χ0v) is 10.4. The van der Waals surface area contributed by atoms with Gasteiger partial charge in [0.15, 0.2) is 5.79 Å². The minimum atomic E-state index is -0.636. The number of nitrogens with one attached hydrogen (secondary N) is 1. The molecule has 1 aromatic rings. The number of amides is 1. The van der Waals surface area contributed by atoms with Gasteiger partial charge in [-0.1, -0.05) is 30.8 Å². The fraction of sp³-hybridized carbons (Fsp3) is 0.357. The highest BCUT2D eigenvalue weighted by Crippen LogP contribution is 2.30. The van der Waals surface area contributed by atoms with E-state index in [0.29, 0.717) is 19.8 Å². The first-order valence-corrected chi connectivity index (χ1v) is 5.92. The van der Waals surface area contributed by atoms with Crippen LogP contribution in [0, 0.1) is 0 Å². The lowest BCUT2D eigenvalue weighted by atomic mass is 10.1. The van der Waals surface area contributed by atoms with E-state index in [1.165, 1.54) is 6.08 Å². The van der Waals surface area contributed by atoms with Crippen molar-refractivity contribution >= 4 is 5.91 Å². The highest BCUT2D eigenvalue weighted by atomic mass is 16.7. The van der Waals surface area contributed by atoms with E-state index in [0.717, 1.165) is 11.1 Å². The number of benzene rings is 1. The highest BCUT2D eigenvalue weighted by molar-refractivity contribution is 5.86. The van der Waals surface area contributed by atoms with Gasteiger partial charge in [-0.2, -0.15) is 0 Å². The zero-order valence-electron chi connectivity index (χ0n) is 10.4. The average molecular weight is 247 g/mol. The van der Waals surface area contributed by atoms with Crippen molar-refractivity contribution in [3.8, 4) is 0 Å². The maximum absolute atomic E-state index is 11.0. The third kappa shape index (κ3) is 2.78. The van der Waals surface area contributed by atoms with Crippen LogP contribution >= 0.6 is 0 Å². The summed E-state index contributed by atoms with van der Waals surface area (Å²) in [5.41, 5.74) is 2.01. The van der Waals surface area contributed by atoms with E-state index >= 15 is 0 Å². The molecule has 1 aliphatic rings. The van der Waals surface area contributed by atoms with Crippen molar-refractivity contribution in [2.45, 2.75) is 19.3 Å². The number of carbonyl (C=O) groups is 1. The van der Waals surface area contributed by atoms with Gasteiger partial charge in [0.25, 0.3) is 0 Å². The summed E-state index contributed by atoms with van der Waals surface area (Å²) in [5.74, 6) is -0.809. The van der Waals surface area contributed by atoms with Crippen LogP contribution in [0.2, 0.25) is 0 Å². The topological polar surface area (TPSA) is 47.6 Å². The normalized spacial score (nSPS) is 17.4. The van der Waals surface area contributed by atoms with Gasteiger partial charge < -0.3 is 14.8 Å². The SMILES string of the molecule is C=CC(=O)NCc1ccc(C2(C)OCCO2)cc1. The van der Waals surface area contributed by atoms with Crippen LogP contribution in [0.4, 0.5) is 0 Å². The number of carbonyl (C=O) groups excluding carboxylic acids is 1. The summed E-state index contributed by atoms with van der Waals surface area (Å²) >= 11 is 0. The van der Waals surface area contributed by atoms with Gasteiger partial charge in [0, 0.05) is 12.1 Å². The lowest BCUT2D eigenvalue weighted by molar-refractivity contribution is -0.149. The van der Waals surface area contributed by atoms with Gasteiger partial charge in [-0.3, -0.25) is 4.79 Å². The van der Waals surface area contributed by atoms with Crippen molar-refractivity contribution in [3.63, 3.8) is 0 Å². The summed E-state index contributed by atoms with van der Waals surface area (Å²) in [6.07, 6.45) is 1.26. The van der Waals surface area contributed by atoms with Gasteiger partial charge in [0.1, 0.15) is 0 Å². The number of rotatable bonds is 4. The zero-order chi connectivity index (χ0) is 13.0. The molecule has 0 bridgehead atoms. The summed E-state index contributed by atoms with van der Waals surface area (Å²) in [5, 5.41) is 2.73. The highest BCUT2D eigenvalue weighted by Gasteiger charge is 2.32. The average Bonchev–Trinajstić information content (AvgIpc) is 2.84. The van der Waals surface area contributed by atoms with Crippen LogP contribution < -0.4 is 5.32 Å². The molecule has 4 nitrogen and oxygen atoms in total. The van der Waals surface area contributed by atoms with E-state index in [-0.39, 0.29) is 5.91 Å². The number of hydrogen-bond donors (Lipinski definition) is 1. The molecule has 0 unspecified atom stereocenters. The molecule has 0 spiro atoms. The van der Waals surface area contributed by atoms with Crippen molar-refractivity contribution in [3.05, 3.63) is 48.0 Å². The van der Waals surface area contributed by atoms with Gasteiger partial charge >= 0.3 is 0 Å². The fourth-order valence-corrected chi connectivity index (χ4v) is 1.87. The minimum absolute atomic E-state index is 0.173. The summed E-state index contributed by atoms with van der Waals surface area (Å²) in [6, 6.07) is 7.82. The summed E-state index contributed by atoms with van der Waals surface area (Å²) in [6.45, 7) is 7.04. The van der Waals surface area contributed by atoms with Crippen molar-refractivity contribution in [2.24, 2.45) is 0 Å². The van der Waals surface area contributed by atoms with Gasteiger partial charge in [-0.15, -0.1) is 0 Å². The summed E-state index contributed by atoms with van der Waals surface area (Å²) < 4.78 is 11.2. The molecule has 18 heavy (non-hydrogen) atoms. The molecule has 2 rings (SSSR count). The fourth-order valence-electron chi connectivity index (χ4n) is 1.87. The Labute approximate surface area is 107 Å². The predicted octanol–water partition coefficient (Wildman–Crippen LogP) is 1.71. The molecule has 1 heterocycles. The van der Waals surface area contributed by atoms with Crippen LogP contribution in [0.1, 0.15) is 18.1 Å². The molecule has 1 aliphatic heterocycles. The van der Waals surface area contributed by atoms with Crippen LogP contribution in [0.25, 0.3) is 0 Å². The molecule has 0 saturated carbocycles. The standard InChI is InChI=1S/C14H17NO3/c1-3-13(16)15-10-11-4-6-12(7-5-11)14(2)17-8-9-18-14/h3-7H,1,8-10H2,2H3,(H,15,16). The third-order valence-electron chi connectivity index (χ3n) is 2.97. The van der Waals surface area contributed by atoms with Gasteiger partial charge in [-0.05, 0) is 18.6 Å². The first kappa shape index (κ1) is 12.8. The maximum atomic E-state index is 11.0. The Morgan fingerprint density at radius 2 is 2.00 bits per heavy atom. The Morgan fingerprint density at radius 3 is 2.56 bits per heavy atom. The van der Waals surface area contributed by atoms with Crippen molar-refractivity contribution < 1.29 is 14.3 Å². The molecule has 1 fully saturated rings. The molecule has 1 amide bonds. The molecule has 0 aromatic heterocycles. The molecule has 96 valence electrons. The Bertz CT molecular complexity index is 433. The van der Waals surface area contributed by atoms with Crippen LogP contribution in [0.3, 0.4) is 0 Å². The van der Waals surface area contributed by atoms with E-state index in [9.17, 15) is 4.79 Å². The summed E-state index contributed by atoms with van der Waals surface area (Å²) in [4.78, 5) is 11.0. The molecule has 4 heteroatoms. The second-order valence-corrected chi connectivity index (χ2v) is 4.26. The van der Waals surface area contributed by atoms with Gasteiger partial charge in [0.05, 0.1) is 13.2 Å². The molecule has 1 N–H and O–H groups in total. The van der Waals surface area contributed by atoms with Crippen LogP contribution in [0.15, 0.2) is 36.9 Å². The largest absolute Gasteiger partial charge is 0.348 e. The minimum Gasteiger partial charge on any atom is -0.348 e. The molecular formula is C14H17NO3. The van der Waals surface area contributed by atoms with Crippen molar-refractivity contribution in [1.29, 1.82) is 0 Å². The van der Waals surface area contributed by atoms with E-state index in [1.54, 1.807) is 0 Å². The second-order valence-electron chi connectivity index (χ2n) is 4.26. The first-order chi connectivity index (χ1) is 8.64. The Morgan fingerprint density at radius 1 is 1.39 bits per heavy atom. The molecule has 1 saturated heterocycles. The predicted molar refractivity (Wildman–Crippen MR) is 67.7 cm³/mol. The van der Waals surface area contributed by atoms with Crippen LogP contribution in [0.5, 0.6) is 0 Å². The van der Waals surface area contributed by atoms with E-state index in [2.05, 4.69) is 11.9 Å². The quantitative estimate of drug-likeness (QED) is 0.824. The number of ether oxygens (including phenoxy) is 2. The third-order valence-corrected chi connectivity index (χ3v) is 2.97. The second kappa shape index (κ2) is 5.33. The molecule has 0 aliphatic carbocycles. The Kier molecular flexibility index (Phi) is 3.79.